The van der Waals surface area contributed by atoms with E-state index in [4.69, 9.17) is 4.74 Å². The van der Waals surface area contributed by atoms with Crippen LogP contribution in [0.1, 0.15) is 56.2 Å². The number of amides is 3. The van der Waals surface area contributed by atoms with Crippen LogP contribution >= 0.6 is 11.3 Å². The largest absolute Gasteiger partial charge is 0.377 e. The first-order valence-electron chi connectivity index (χ1n) is 11.5. The molecular weight excluding hydrogens is 398 g/mol. The van der Waals surface area contributed by atoms with E-state index in [1.54, 1.807) is 11.3 Å². The SMILES string of the molecule is O=C(CN(Cc1cccs1)C[C@@H]1CCCO1)NC(=O)NC12CC3CC(CC(C3)C1)C2. The molecule has 5 fully saturated rings. The van der Waals surface area contributed by atoms with Gasteiger partial charge >= 0.3 is 6.03 Å². The molecule has 4 aliphatic carbocycles. The minimum absolute atomic E-state index is 0.0759. The molecule has 4 saturated carbocycles. The number of imide groups is 1. The lowest BCUT2D eigenvalue weighted by Gasteiger charge is -2.56. The van der Waals surface area contributed by atoms with E-state index in [0.717, 1.165) is 63.0 Å². The molecule has 1 aliphatic heterocycles. The van der Waals surface area contributed by atoms with Gasteiger partial charge in [0.1, 0.15) is 0 Å². The molecule has 164 valence electrons. The molecule has 0 radical (unpaired) electrons. The highest BCUT2D eigenvalue weighted by Crippen LogP contribution is 2.55. The summed E-state index contributed by atoms with van der Waals surface area (Å²) in [5.41, 5.74) is -0.0759. The van der Waals surface area contributed by atoms with Crippen molar-refractivity contribution in [3.63, 3.8) is 0 Å². The van der Waals surface area contributed by atoms with Crippen LogP contribution in [0.3, 0.4) is 0 Å². The number of nitrogens with zero attached hydrogens (tertiary/aromatic N) is 1. The monoisotopic (exact) mass is 431 g/mol. The van der Waals surface area contributed by atoms with Crippen molar-refractivity contribution >= 4 is 23.3 Å². The third-order valence-corrected chi connectivity index (χ3v) is 8.34. The van der Waals surface area contributed by atoms with Crippen LogP contribution in [0.5, 0.6) is 0 Å². The van der Waals surface area contributed by atoms with E-state index in [9.17, 15) is 9.59 Å². The fourth-order valence-electron chi connectivity index (χ4n) is 6.79. The van der Waals surface area contributed by atoms with Crippen molar-refractivity contribution in [1.29, 1.82) is 0 Å². The standard InChI is InChI=1S/C23H33N3O3S/c27-21(15-26(13-19-3-1-5-29-19)14-20-4-2-6-30-20)24-22(28)25-23-10-16-7-17(11-23)9-18(8-16)12-23/h2,4,6,16-19H,1,3,5,7-15H2,(H2,24,25,27,28)/t16?,17?,18?,19-,23?/m0/s1. The van der Waals surface area contributed by atoms with Gasteiger partial charge < -0.3 is 10.1 Å². The van der Waals surface area contributed by atoms with Crippen LogP contribution in [0.25, 0.3) is 0 Å². The van der Waals surface area contributed by atoms with Gasteiger partial charge in [-0.15, -0.1) is 11.3 Å². The highest BCUT2D eigenvalue weighted by Gasteiger charge is 2.51. The molecule has 1 saturated heterocycles. The lowest BCUT2D eigenvalue weighted by molar-refractivity contribution is -0.121. The Morgan fingerprint density at radius 2 is 1.90 bits per heavy atom. The van der Waals surface area contributed by atoms with Gasteiger partial charge in [-0.05, 0) is 80.6 Å². The minimum atomic E-state index is -0.310. The van der Waals surface area contributed by atoms with Crippen molar-refractivity contribution in [2.45, 2.75) is 69.6 Å². The molecule has 6 nitrogen and oxygen atoms in total. The van der Waals surface area contributed by atoms with Crippen LogP contribution in [-0.2, 0) is 16.1 Å². The van der Waals surface area contributed by atoms with E-state index in [1.807, 2.05) is 6.07 Å². The van der Waals surface area contributed by atoms with Crippen LogP contribution < -0.4 is 10.6 Å². The minimum Gasteiger partial charge on any atom is -0.377 e. The van der Waals surface area contributed by atoms with Gasteiger partial charge in [-0.1, -0.05) is 6.07 Å². The van der Waals surface area contributed by atoms with Gasteiger partial charge in [0.15, 0.2) is 0 Å². The highest BCUT2D eigenvalue weighted by molar-refractivity contribution is 7.09. The number of hydrogen-bond donors (Lipinski definition) is 2. The molecule has 1 aromatic heterocycles. The van der Waals surface area contributed by atoms with Crippen molar-refractivity contribution in [3.8, 4) is 0 Å². The summed E-state index contributed by atoms with van der Waals surface area (Å²) in [7, 11) is 0. The lowest BCUT2D eigenvalue weighted by atomic mass is 9.53. The Morgan fingerprint density at radius 3 is 2.50 bits per heavy atom. The van der Waals surface area contributed by atoms with Crippen LogP contribution in [0.4, 0.5) is 4.79 Å². The van der Waals surface area contributed by atoms with Crippen LogP contribution in [0.15, 0.2) is 17.5 Å². The summed E-state index contributed by atoms with van der Waals surface area (Å²) in [6.45, 7) is 2.45. The van der Waals surface area contributed by atoms with Crippen LogP contribution in [0, 0.1) is 17.8 Å². The molecule has 6 rings (SSSR count). The zero-order valence-corrected chi connectivity index (χ0v) is 18.4. The average Bonchev–Trinajstić information content (AvgIpc) is 3.33. The third-order valence-electron chi connectivity index (χ3n) is 7.48. The Kier molecular flexibility index (Phi) is 5.86. The number of thiophene rings is 1. The van der Waals surface area contributed by atoms with Crippen LogP contribution in [-0.4, -0.2) is 48.2 Å². The van der Waals surface area contributed by atoms with E-state index in [1.165, 1.54) is 24.1 Å². The fourth-order valence-corrected chi connectivity index (χ4v) is 7.54. The molecule has 3 amide bonds. The van der Waals surface area contributed by atoms with Crippen LogP contribution in [0.2, 0.25) is 0 Å². The number of ether oxygens (including phenoxy) is 1. The number of carbonyl (C=O) groups excluding carboxylic acids is 2. The lowest BCUT2D eigenvalue weighted by Crippen LogP contribution is -2.62. The Bertz CT molecular complexity index is 724. The maximum atomic E-state index is 12.7. The second kappa shape index (κ2) is 8.60. The van der Waals surface area contributed by atoms with Gasteiger partial charge in [0.2, 0.25) is 5.91 Å². The molecule has 7 heteroatoms. The fraction of sp³-hybridized carbons (Fsp3) is 0.739. The molecule has 1 aromatic rings. The number of nitrogens with one attached hydrogen (secondary N) is 2. The quantitative estimate of drug-likeness (QED) is 0.693. The first kappa shape index (κ1) is 20.5. The average molecular weight is 432 g/mol. The summed E-state index contributed by atoms with van der Waals surface area (Å²) in [6, 6.07) is 3.81. The smallest absolute Gasteiger partial charge is 0.321 e. The topological polar surface area (TPSA) is 70.7 Å². The summed E-state index contributed by atoms with van der Waals surface area (Å²) in [5, 5.41) is 7.91. The normalized spacial score (nSPS) is 34.4. The molecular formula is C23H33N3O3S. The van der Waals surface area contributed by atoms with Crippen molar-refractivity contribution in [2.24, 2.45) is 17.8 Å². The highest BCUT2D eigenvalue weighted by atomic mass is 32.1. The van der Waals surface area contributed by atoms with Gasteiger partial charge in [-0.25, -0.2) is 4.79 Å². The Morgan fingerprint density at radius 1 is 1.17 bits per heavy atom. The predicted octanol–water partition coefficient (Wildman–Crippen LogP) is 3.52. The Hall–Kier alpha value is -1.44. The van der Waals surface area contributed by atoms with E-state index in [-0.39, 0.29) is 30.1 Å². The number of carbonyl (C=O) groups is 2. The first-order chi connectivity index (χ1) is 14.6. The molecule has 2 heterocycles. The summed E-state index contributed by atoms with van der Waals surface area (Å²) < 4.78 is 5.77. The zero-order valence-electron chi connectivity index (χ0n) is 17.6. The van der Waals surface area contributed by atoms with Crippen molar-refractivity contribution in [3.05, 3.63) is 22.4 Å². The van der Waals surface area contributed by atoms with Crippen molar-refractivity contribution < 1.29 is 14.3 Å². The van der Waals surface area contributed by atoms with Gasteiger partial charge in [0, 0.05) is 30.1 Å². The number of rotatable bonds is 7. The Balaban J connectivity index is 1.15. The third kappa shape index (κ3) is 4.73. The number of hydrogen-bond acceptors (Lipinski definition) is 5. The summed E-state index contributed by atoms with van der Waals surface area (Å²) in [5.74, 6) is 2.06. The second-order valence-electron chi connectivity index (χ2n) is 10.1. The Labute approximate surface area is 182 Å². The molecule has 5 aliphatic rings. The van der Waals surface area contributed by atoms with E-state index in [2.05, 4.69) is 27.0 Å². The zero-order chi connectivity index (χ0) is 20.6. The molecule has 1 atom stereocenters. The number of urea groups is 1. The molecule has 0 aromatic carbocycles. The molecule has 0 unspecified atom stereocenters. The first-order valence-corrected chi connectivity index (χ1v) is 12.4. The van der Waals surface area contributed by atoms with E-state index >= 15 is 0 Å². The van der Waals surface area contributed by atoms with Crippen molar-refractivity contribution in [1.82, 2.24) is 15.5 Å². The summed E-state index contributed by atoms with van der Waals surface area (Å²) in [4.78, 5) is 28.7. The van der Waals surface area contributed by atoms with E-state index < -0.39 is 0 Å². The predicted molar refractivity (Wildman–Crippen MR) is 116 cm³/mol. The van der Waals surface area contributed by atoms with E-state index in [0.29, 0.717) is 6.54 Å². The maximum absolute atomic E-state index is 12.7. The summed E-state index contributed by atoms with van der Waals surface area (Å²) in [6.07, 6.45) is 9.57. The molecule has 2 N–H and O–H groups in total. The summed E-state index contributed by atoms with van der Waals surface area (Å²) >= 11 is 1.69. The second-order valence-corrected chi connectivity index (χ2v) is 11.1. The van der Waals surface area contributed by atoms with Crippen molar-refractivity contribution in [2.75, 3.05) is 19.7 Å². The molecule has 4 bridgehead atoms. The molecule has 0 spiro atoms. The van der Waals surface area contributed by atoms with Gasteiger partial charge in [-0.2, -0.15) is 0 Å². The van der Waals surface area contributed by atoms with Gasteiger partial charge in [-0.3, -0.25) is 15.0 Å². The van der Waals surface area contributed by atoms with Gasteiger partial charge in [0.05, 0.1) is 12.6 Å². The van der Waals surface area contributed by atoms with Gasteiger partial charge in [0.25, 0.3) is 0 Å². The maximum Gasteiger partial charge on any atom is 0.321 e. The molecule has 30 heavy (non-hydrogen) atoms.